The summed E-state index contributed by atoms with van der Waals surface area (Å²) in [7, 11) is -0.889. The average Bonchev–Trinajstić information content (AvgIpc) is 2.80. The molecule has 1 N–H and O–H groups in total. The number of nitrogens with zero attached hydrogens (tertiary/aromatic N) is 2. The van der Waals surface area contributed by atoms with E-state index in [1.807, 2.05) is 0 Å². The monoisotopic (exact) mass is 481 g/mol. The van der Waals surface area contributed by atoms with Gasteiger partial charge >= 0.3 is 0 Å². The molecular weight excluding hydrogens is 458 g/mol. The van der Waals surface area contributed by atoms with E-state index in [2.05, 4.69) is 5.32 Å². The van der Waals surface area contributed by atoms with Gasteiger partial charge in [-0.3, -0.25) is 9.59 Å². The minimum Gasteiger partial charge on any atom is -0.496 e. The van der Waals surface area contributed by atoms with Crippen LogP contribution in [0.1, 0.15) is 10.4 Å². The Balaban J connectivity index is 1.71. The highest BCUT2D eigenvalue weighted by Crippen LogP contribution is 2.28. The highest BCUT2D eigenvalue weighted by molar-refractivity contribution is 7.89. The van der Waals surface area contributed by atoms with Gasteiger partial charge in [0.2, 0.25) is 15.9 Å². The van der Waals surface area contributed by atoms with Gasteiger partial charge in [-0.15, -0.1) is 0 Å². The molecule has 0 atom stereocenters. The van der Waals surface area contributed by atoms with Crippen molar-refractivity contribution in [2.75, 3.05) is 52.3 Å². The van der Waals surface area contributed by atoms with Crippen molar-refractivity contribution in [1.29, 1.82) is 0 Å². The molecule has 2 aromatic rings. The van der Waals surface area contributed by atoms with Crippen molar-refractivity contribution < 1.29 is 27.5 Å². The first-order valence-electron chi connectivity index (χ1n) is 9.80. The van der Waals surface area contributed by atoms with E-state index in [0.29, 0.717) is 24.5 Å². The fourth-order valence-corrected chi connectivity index (χ4v) is 5.13. The summed E-state index contributed by atoms with van der Waals surface area (Å²) in [6.07, 6.45) is 0. The van der Waals surface area contributed by atoms with Crippen LogP contribution in [0.25, 0.3) is 0 Å². The Morgan fingerprint density at radius 1 is 1.19 bits per heavy atom. The number of benzene rings is 2. The highest BCUT2D eigenvalue weighted by atomic mass is 35.5. The van der Waals surface area contributed by atoms with Gasteiger partial charge in [-0.2, -0.15) is 4.31 Å². The first-order chi connectivity index (χ1) is 15.2. The number of sulfonamides is 1. The van der Waals surface area contributed by atoms with E-state index in [0.717, 1.165) is 0 Å². The minimum atomic E-state index is -3.84. The number of carbonyl (C=O) groups is 2. The zero-order chi connectivity index (χ0) is 23.3. The molecule has 1 heterocycles. The Kier molecular flexibility index (Phi) is 7.73. The molecule has 0 saturated carbocycles. The number of hydrogen-bond acceptors (Lipinski definition) is 6. The topological polar surface area (TPSA) is 105 Å². The number of halogens is 1. The lowest BCUT2D eigenvalue weighted by atomic mass is 10.2. The number of para-hydroxylation sites is 1. The third-order valence-electron chi connectivity index (χ3n) is 4.87. The van der Waals surface area contributed by atoms with Crippen LogP contribution in [0.5, 0.6) is 5.75 Å². The van der Waals surface area contributed by atoms with E-state index in [1.54, 1.807) is 24.3 Å². The van der Waals surface area contributed by atoms with Gasteiger partial charge < -0.3 is 19.7 Å². The first-order valence-corrected chi connectivity index (χ1v) is 11.6. The highest BCUT2D eigenvalue weighted by Gasteiger charge is 2.29. The fraction of sp³-hybridized carbons (Fsp3) is 0.333. The molecular formula is C21H24ClN3O6S. The normalized spacial score (nSPS) is 14.6. The molecule has 2 amide bonds. The molecule has 0 aliphatic carbocycles. The molecule has 0 bridgehead atoms. The second kappa shape index (κ2) is 10.3. The van der Waals surface area contributed by atoms with E-state index in [4.69, 9.17) is 21.1 Å². The van der Waals surface area contributed by atoms with Crippen molar-refractivity contribution in [2.24, 2.45) is 0 Å². The van der Waals surface area contributed by atoms with Crippen LogP contribution in [0, 0.1) is 0 Å². The van der Waals surface area contributed by atoms with Gasteiger partial charge in [-0.1, -0.05) is 23.7 Å². The Hall–Kier alpha value is -2.66. The average molecular weight is 482 g/mol. The molecule has 32 heavy (non-hydrogen) atoms. The van der Waals surface area contributed by atoms with E-state index in [9.17, 15) is 18.0 Å². The third-order valence-corrected chi connectivity index (χ3v) is 7.25. The smallest absolute Gasteiger partial charge is 0.257 e. The number of carbonyl (C=O) groups excluding carboxylic acids is 2. The molecule has 0 unspecified atom stereocenters. The number of amides is 2. The molecule has 172 valence electrons. The maximum absolute atomic E-state index is 12.9. The molecule has 9 nitrogen and oxygen atoms in total. The van der Waals surface area contributed by atoms with Gasteiger partial charge in [-0.25, -0.2) is 8.42 Å². The number of nitrogens with one attached hydrogen (secondary N) is 1. The predicted octanol–water partition coefficient (Wildman–Crippen LogP) is 2.08. The van der Waals surface area contributed by atoms with Crippen molar-refractivity contribution in [3.05, 3.63) is 53.1 Å². The quantitative estimate of drug-likeness (QED) is 0.649. The van der Waals surface area contributed by atoms with Crippen LogP contribution in [0.3, 0.4) is 0 Å². The summed E-state index contributed by atoms with van der Waals surface area (Å²) in [5, 5.41) is 2.67. The molecule has 1 aliphatic rings. The number of anilines is 1. The lowest BCUT2D eigenvalue weighted by Gasteiger charge is -2.26. The SMILES string of the molecule is COc1ccccc1C(=O)N(C)CC(=O)Nc1ccc(Cl)c(S(=O)(=O)N2CCOCC2)c1. The van der Waals surface area contributed by atoms with E-state index < -0.39 is 15.9 Å². The van der Waals surface area contributed by atoms with E-state index in [-0.39, 0.29) is 41.1 Å². The minimum absolute atomic E-state index is 0.0537. The van der Waals surface area contributed by atoms with Crippen LogP contribution < -0.4 is 10.1 Å². The van der Waals surface area contributed by atoms with Crippen molar-refractivity contribution >= 4 is 39.1 Å². The zero-order valence-corrected chi connectivity index (χ0v) is 19.3. The standard InChI is InChI=1S/C21H24ClN3O6S/c1-24(21(27)16-5-3-4-6-18(16)30-2)14-20(26)23-15-7-8-17(22)19(13-15)32(28,29)25-9-11-31-12-10-25/h3-8,13H,9-12,14H2,1-2H3,(H,23,26). The number of ether oxygens (including phenoxy) is 2. The van der Waals surface area contributed by atoms with Gasteiger partial charge in [0.15, 0.2) is 0 Å². The molecule has 0 aromatic heterocycles. The van der Waals surface area contributed by atoms with Crippen LogP contribution in [-0.4, -0.2) is 76.4 Å². The Bertz CT molecular complexity index is 1100. The number of likely N-dealkylation sites (N-methyl/N-ethyl adjacent to an activating group) is 1. The Morgan fingerprint density at radius 3 is 2.56 bits per heavy atom. The Morgan fingerprint density at radius 2 is 1.88 bits per heavy atom. The summed E-state index contributed by atoms with van der Waals surface area (Å²) in [6, 6.07) is 10.9. The lowest BCUT2D eigenvalue weighted by Crippen LogP contribution is -2.40. The molecule has 1 aliphatic heterocycles. The largest absolute Gasteiger partial charge is 0.496 e. The molecule has 0 spiro atoms. The van der Waals surface area contributed by atoms with Gasteiger partial charge in [0, 0.05) is 25.8 Å². The molecule has 1 saturated heterocycles. The van der Waals surface area contributed by atoms with Crippen molar-refractivity contribution in [2.45, 2.75) is 4.90 Å². The molecule has 11 heteroatoms. The maximum Gasteiger partial charge on any atom is 0.257 e. The molecule has 2 aromatic carbocycles. The van der Waals surface area contributed by atoms with E-state index in [1.165, 1.54) is 41.6 Å². The van der Waals surface area contributed by atoms with Crippen LogP contribution in [0.15, 0.2) is 47.4 Å². The van der Waals surface area contributed by atoms with Crippen LogP contribution in [-0.2, 0) is 19.6 Å². The summed E-state index contributed by atoms with van der Waals surface area (Å²) in [5.74, 6) is -0.475. The first kappa shape index (κ1) is 24.0. The number of morpholine rings is 1. The zero-order valence-electron chi connectivity index (χ0n) is 17.7. The summed E-state index contributed by atoms with van der Waals surface area (Å²) < 4.78 is 37.6. The summed E-state index contributed by atoms with van der Waals surface area (Å²) in [6.45, 7) is 0.820. The van der Waals surface area contributed by atoms with Crippen LogP contribution in [0.4, 0.5) is 5.69 Å². The van der Waals surface area contributed by atoms with Crippen LogP contribution >= 0.6 is 11.6 Å². The lowest BCUT2D eigenvalue weighted by molar-refractivity contribution is -0.116. The van der Waals surface area contributed by atoms with Gasteiger partial charge in [0.05, 0.1) is 37.5 Å². The fourth-order valence-electron chi connectivity index (χ4n) is 3.22. The van der Waals surface area contributed by atoms with Crippen LogP contribution in [0.2, 0.25) is 5.02 Å². The Labute approximate surface area is 191 Å². The second-order valence-electron chi connectivity index (χ2n) is 7.07. The molecule has 3 rings (SSSR count). The summed E-state index contributed by atoms with van der Waals surface area (Å²) in [5.41, 5.74) is 0.583. The predicted molar refractivity (Wildman–Crippen MR) is 120 cm³/mol. The summed E-state index contributed by atoms with van der Waals surface area (Å²) >= 11 is 6.14. The number of hydrogen-bond donors (Lipinski definition) is 1. The number of methoxy groups -OCH3 is 1. The van der Waals surface area contributed by atoms with Crippen molar-refractivity contribution in [3.8, 4) is 5.75 Å². The molecule has 1 fully saturated rings. The second-order valence-corrected chi connectivity index (χ2v) is 9.38. The summed E-state index contributed by atoms with van der Waals surface area (Å²) in [4.78, 5) is 26.3. The van der Waals surface area contributed by atoms with Gasteiger partial charge in [0.1, 0.15) is 10.6 Å². The van der Waals surface area contributed by atoms with E-state index >= 15 is 0 Å². The number of rotatable bonds is 7. The third kappa shape index (κ3) is 5.39. The van der Waals surface area contributed by atoms with Gasteiger partial charge in [-0.05, 0) is 30.3 Å². The van der Waals surface area contributed by atoms with Crippen molar-refractivity contribution in [1.82, 2.24) is 9.21 Å². The maximum atomic E-state index is 12.9. The molecule has 0 radical (unpaired) electrons. The van der Waals surface area contributed by atoms with Crippen molar-refractivity contribution in [3.63, 3.8) is 0 Å². The van der Waals surface area contributed by atoms with Gasteiger partial charge in [0.25, 0.3) is 5.91 Å².